The number of hydrogen-bond donors (Lipinski definition) is 1. The number of nitrogens with one attached hydrogen (secondary N) is 1. The van der Waals surface area contributed by atoms with Crippen LogP contribution in [0.3, 0.4) is 0 Å². The molecule has 7 heteroatoms. The summed E-state index contributed by atoms with van der Waals surface area (Å²) in [6, 6.07) is 15.4. The van der Waals surface area contributed by atoms with E-state index in [4.69, 9.17) is 16.6 Å². The maximum absolute atomic E-state index is 12.8. The highest BCUT2D eigenvalue weighted by Gasteiger charge is 2.32. The summed E-state index contributed by atoms with van der Waals surface area (Å²) in [5.41, 5.74) is 1.96. The Labute approximate surface area is 178 Å². The van der Waals surface area contributed by atoms with Crippen molar-refractivity contribution >= 4 is 45.0 Å². The largest absolute Gasteiger partial charge is 0.352 e. The van der Waals surface area contributed by atoms with Crippen LogP contribution < -0.4 is 5.32 Å². The molecule has 0 aliphatic carbocycles. The molecular weight excluding hydrogens is 406 g/mol. The smallest absolute Gasteiger partial charge is 0.223 e. The van der Waals surface area contributed by atoms with E-state index in [2.05, 4.69) is 11.4 Å². The lowest BCUT2D eigenvalue weighted by molar-refractivity contribution is -0.134. The van der Waals surface area contributed by atoms with Crippen molar-refractivity contribution in [2.24, 2.45) is 0 Å². The Kier molecular flexibility index (Phi) is 6.11. The van der Waals surface area contributed by atoms with Gasteiger partial charge in [0.05, 0.1) is 16.3 Å². The van der Waals surface area contributed by atoms with Crippen molar-refractivity contribution in [1.82, 2.24) is 15.2 Å². The van der Waals surface area contributed by atoms with E-state index in [-0.39, 0.29) is 30.7 Å². The van der Waals surface area contributed by atoms with E-state index >= 15 is 0 Å². The molecule has 3 aromatic rings. The van der Waals surface area contributed by atoms with Crippen molar-refractivity contribution in [1.29, 1.82) is 0 Å². The Morgan fingerprint density at radius 2 is 1.93 bits per heavy atom. The maximum Gasteiger partial charge on any atom is 0.223 e. The van der Waals surface area contributed by atoms with Gasteiger partial charge in [0.2, 0.25) is 11.8 Å². The SMILES string of the molecule is O=C(CCC(=O)N1CCC[C@@H]1c1nc2ccccc2s1)NCc1ccc(Cl)cc1. The third-order valence-corrected chi connectivity index (χ3v) is 6.53. The number of carbonyl (C=O) groups excluding carboxylic acids is 2. The topological polar surface area (TPSA) is 62.3 Å². The molecule has 5 nitrogen and oxygen atoms in total. The monoisotopic (exact) mass is 427 g/mol. The molecule has 1 fully saturated rings. The van der Waals surface area contributed by atoms with Crippen LogP contribution in [0, 0.1) is 0 Å². The summed E-state index contributed by atoms with van der Waals surface area (Å²) < 4.78 is 1.14. The van der Waals surface area contributed by atoms with Crippen molar-refractivity contribution in [3.8, 4) is 0 Å². The number of likely N-dealkylation sites (tertiary alicyclic amines) is 1. The van der Waals surface area contributed by atoms with Crippen LogP contribution in [-0.4, -0.2) is 28.2 Å². The summed E-state index contributed by atoms with van der Waals surface area (Å²) in [4.78, 5) is 31.5. The predicted molar refractivity (Wildman–Crippen MR) is 116 cm³/mol. The molecule has 150 valence electrons. The number of aromatic nitrogens is 1. The molecule has 2 aromatic carbocycles. The van der Waals surface area contributed by atoms with Gasteiger partial charge >= 0.3 is 0 Å². The predicted octanol–water partition coefficient (Wildman–Crippen LogP) is 4.71. The number of hydrogen-bond acceptors (Lipinski definition) is 4. The standard InChI is InChI=1S/C22H22ClN3O2S/c23-16-9-7-15(8-10-16)14-24-20(27)11-12-21(28)26-13-3-5-18(26)22-25-17-4-1-2-6-19(17)29-22/h1-2,4,6-10,18H,3,5,11-14H2,(H,24,27)/t18-/m1/s1. The first-order valence-corrected chi connectivity index (χ1v) is 11.0. The van der Waals surface area contributed by atoms with E-state index in [1.165, 1.54) is 0 Å². The van der Waals surface area contributed by atoms with E-state index in [0.29, 0.717) is 11.6 Å². The molecular formula is C22H22ClN3O2S. The first-order chi connectivity index (χ1) is 14.1. The van der Waals surface area contributed by atoms with Crippen molar-refractivity contribution in [2.75, 3.05) is 6.54 Å². The van der Waals surface area contributed by atoms with E-state index in [9.17, 15) is 9.59 Å². The molecule has 1 aromatic heterocycles. The Bertz CT molecular complexity index is 985. The van der Waals surface area contributed by atoms with Gasteiger partial charge in [0.25, 0.3) is 0 Å². The van der Waals surface area contributed by atoms with Crippen LogP contribution in [0.1, 0.15) is 42.3 Å². The summed E-state index contributed by atoms with van der Waals surface area (Å²) in [5.74, 6) is -0.0996. The van der Waals surface area contributed by atoms with Gasteiger partial charge in [0.1, 0.15) is 5.01 Å². The summed E-state index contributed by atoms with van der Waals surface area (Å²) in [7, 11) is 0. The molecule has 29 heavy (non-hydrogen) atoms. The molecule has 0 unspecified atom stereocenters. The van der Waals surface area contributed by atoms with Crippen LogP contribution in [0.15, 0.2) is 48.5 Å². The highest BCUT2D eigenvalue weighted by molar-refractivity contribution is 7.18. The van der Waals surface area contributed by atoms with Gasteiger partial charge in [-0.05, 0) is 42.7 Å². The third kappa shape index (κ3) is 4.77. The first kappa shape index (κ1) is 19.9. The van der Waals surface area contributed by atoms with Crippen LogP contribution in [0.25, 0.3) is 10.2 Å². The summed E-state index contributed by atoms with van der Waals surface area (Å²) in [5, 5.41) is 4.52. The van der Waals surface area contributed by atoms with Crippen molar-refractivity contribution in [3.05, 3.63) is 64.1 Å². The Morgan fingerprint density at radius 3 is 2.72 bits per heavy atom. The number of para-hydroxylation sites is 1. The van der Waals surface area contributed by atoms with Crippen LogP contribution in [0.5, 0.6) is 0 Å². The summed E-state index contributed by atoms with van der Waals surface area (Å²) in [6.45, 7) is 1.16. The van der Waals surface area contributed by atoms with E-state index in [1.54, 1.807) is 23.5 Å². The fourth-order valence-corrected chi connectivity index (χ4v) is 4.85. The zero-order valence-corrected chi connectivity index (χ0v) is 17.5. The molecule has 0 saturated carbocycles. The number of amides is 2. The normalized spacial score (nSPS) is 16.3. The van der Waals surface area contributed by atoms with Crippen molar-refractivity contribution < 1.29 is 9.59 Å². The van der Waals surface area contributed by atoms with Gasteiger partial charge in [0, 0.05) is 31.0 Å². The third-order valence-electron chi connectivity index (χ3n) is 5.14. The summed E-state index contributed by atoms with van der Waals surface area (Å²) >= 11 is 7.52. The minimum absolute atomic E-state index is 0.0217. The minimum Gasteiger partial charge on any atom is -0.352 e. The number of nitrogens with zero attached hydrogens (tertiary/aromatic N) is 2. The second kappa shape index (κ2) is 8.93. The Balaban J connectivity index is 1.31. The van der Waals surface area contributed by atoms with Gasteiger partial charge in [-0.2, -0.15) is 0 Å². The van der Waals surface area contributed by atoms with Crippen LogP contribution in [0.4, 0.5) is 0 Å². The number of fused-ring (bicyclic) bond motifs is 1. The fraction of sp³-hybridized carbons (Fsp3) is 0.318. The lowest BCUT2D eigenvalue weighted by Crippen LogP contribution is -2.32. The lowest BCUT2D eigenvalue weighted by atomic mass is 10.2. The van der Waals surface area contributed by atoms with E-state index in [1.807, 2.05) is 35.2 Å². The first-order valence-electron chi connectivity index (χ1n) is 9.76. The van der Waals surface area contributed by atoms with E-state index < -0.39 is 0 Å². The fourth-order valence-electron chi connectivity index (χ4n) is 3.61. The molecule has 2 amide bonds. The highest BCUT2D eigenvalue weighted by atomic mass is 35.5. The van der Waals surface area contributed by atoms with Gasteiger partial charge in [-0.1, -0.05) is 35.9 Å². The van der Waals surface area contributed by atoms with Crippen LogP contribution in [0.2, 0.25) is 5.02 Å². The molecule has 1 atom stereocenters. The van der Waals surface area contributed by atoms with Gasteiger partial charge in [-0.3, -0.25) is 9.59 Å². The quantitative estimate of drug-likeness (QED) is 0.619. The zero-order chi connectivity index (χ0) is 20.2. The molecule has 1 aliphatic rings. The number of rotatable bonds is 6. The molecule has 1 N–H and O–H groups in total. The second-order valence-electron chi connectivity index (χ2n) is 7.17. The molecule has 2 heterocycles. The van der Waals surface area contributed by atoms with E-state index in [0.717, 1.165) is 40.2 Å². The molecule has 1 saturated heterocycles. The zero-order valence-electron chi connectivity index (χ0n) is 15.9. The number of thiazole rings is 1. The molecule has 0 bridgehead atoms. The molecule has 4 rings (SSSR count). The number of benzene rings is 2. The highest BCUT2D eigenvalue weighted by Crippen LogP contribution is 2.36. The number of carbonyl (C=O) groups is 2. The maximum atomic E-state index is 12.8. The Morgan fingerprint density at radius 1 is 1.14 bits per heavy atom. The summed E-state index contributed by atoms with van der Waals surface area (Å²) in [6.07, 6.45) is 2.30. The van der Waals surface area contributed by atoms with Gasteiger partial charge in [-0.25, -0.2) is 4.98 Å². The lowest BCUT2D eigenvalue weighted by Gasteiger charge is -2.23. The van der Waals surface area contributed by atoms with Gasteiger partial charge in [0.15, 0.2) is 0 Å². The van der Waals surface area contributed by atoms with Gasteiger partial charge < -0.3 is 10.2 Å². The van der Waals surface area contributed by atoms with Crippen LogP contribution >= 0.6 is 22.9 Å². The second-order valence-corrected chi connectivity index (χ2v) is 8.67. The van der Waals surface area contributed by atoms with Gasteiger partial charge in [-0.15, -0.1) is 11.3 Å². The molecule has 0 spiro atoms. The average Bonchev–Trinajstić information content (AvgIpc) is 3.38. The Hall–Kier alpha value is -2.44. The molecule has 1 aliphatic heterocycles. The average molecular weight is 428 g/mol. The van der Waals surface area contributed by atoms with Crippen molar-refractivity contribution in [3.63, 3.8) is 0 Å². The molecule has 0 radical (unpaired) electrons. The van der Waals surface area contributed by atoms with Crippen molar-refractivity contribution in [2.45, 2.75) is 38.3 Å². The minimum atomic E-state index is -0.121. The number of halogens is 1. The van der Waals surface area contributed by atoms with Crippen LogP contribution in [-0.2, 0) is 16.1 Å².